The van der Waals surface area contributed by atoms with Crippen LogP contribution in [0.25, 0.3) is 10.1 Å². The van der Waals surface area contributed by atoms with Crippen LogP contribution < -0.4 is 5.43 Å². The SMILES string of the molecule is O=c1c(C(O)(O)C(F)(F)F)csc2ccccc12. The van der Waals surface area contributed by atoms with E-state index in [4.69, 9.17) is 10.2 Å². The fourth-order valence-corrected chi connectivity index (χ4v) is 2.43. The Hall–Kier alpha value is -1.44. The third-order valence-electron chi connectivity index (χ3n) is 2.45. The molecule has 2 aromatic rings. The lowest BCUT2D eigenvalue weighted by molar-refractivity contribution is -0.358. The Morgan fingerprint density at radius 3 is 2.33 bits per heavy atom. The Balaban J connectivity index is 2.75. The molecule has 0 fully saturated rings. The van der Waals surface area contributed by atoms with Gasteiger partial charge in [0.1, 0.15) is 0 Å². The zero-order chi connectivity index (χ0) is 13.6. The van der Waals surface area contributed by atoms with Crippen molar-refractivity contribution >= 4 is 21.4 Å². The van der Waals surface area contributed by atoms with Gasteiger partial charge in [0.2, 0.25) is 0 Å². The normalized spacial score (nSPS) is 12.9. The standard InChI is InChI=1S/C11H7F3O3S/c12-11(13,14)10(16,17)7-5-18-8-4-2-1-3-6(8)9(7)15/h1-5,16-17H. The van der Waals surface area contributed by atoms with E-state index < -0.39 is 23.0 Å². The molecule has 7 heteroatoms. The molecule has 0 atom stereocenters. The monoisotopic (exact) mass is 276 g/mol. The predicted octanol–water partition coefficient (Wildman–Crippen LogP) is 1.96. The summed E-state index contributed by atoms with van der Waals surface area (Å²) in [6.07, 6.45) is -5.33. The second kappa shape index (κ2) is 4.04. The van der Waals surface area contributed by atoms with E-state index in [1.165, 1.54) is 12.1 Å². The molecule has 0 radical (unpaired) electrons. The van der Waals surface area contributed by atoms with E-state index in [1.807, 2.05) is 0 Å². The molecule has 1 aromatic heterocycles. The number of hydrogen-bond donors (Lipinski definition) is 2. The van der Waals surface area contributed by atoms with Crippen LogP contribution in [0.4, 0.5) is 13.2 Å². The Morgan fingerprint density at radius 1 is 1.11 bits per heavy atom. The van der Waals surface area contributed by atoms with E-state index in [2.05, 4.69) is 0 Å². The highest BCUT2D eigenvalue weighted by atomic mass is 32.1. The molecule has 0 unspecified atom stereocenters. The van der Waals surface area contributed by atoms with Gasteiger partial charge in [-0.2, -0.15) is 13.2 Å². The lowest BCUT2D eigenvalue weighted by atomic mass is 10.1. The van der Waals surface area contributed by atoms with Crippen molar-refractivity contribution in [1.29, 1.82) is 0 Å². The lowest BCUT2D eigenvalue weighted by Gasteiger charge is -2.23. The predicted molar refractivity (Wildman–Crippen MR) is 60.3 cm³/mol. The molecule has 2 rings (SSSR count). The summed E-state index contributed by atoms with van der Waals surface area (Å²) in [6.45, 7) is 0. The first kappa shape index (κ1) is 13.0. The average molecular weight is 276 g/mol. The number of hydrogen-bond acceptors (Lipinski definition) is 4. The molecule has 96 valence electrons. The van der Waals surface area contributed by atoms with Crippen LogP contribution in [0.1, 0.15) is 5.56 Å². The summed E-state index contributed by atoms with van der Waals surface area (Å²) in [5, 5.41) is 19.0. The zero-order valence-corrected chi connectivity index (χ0v) is 9.55. The van der Waals surface area contributed by atoms with Gasteiger partial charge in [0, 0.05) is 15.5 Å². The first-order chi connectivity index (χ1) is 8.25. The largest absolute Gasteiger partial charge is 0.447 e. The van der Waals surface area contributed by atoms with Crippen LogP contribution in [0.3, 0.4) is 0 Å². The van der Waals surface area contributed by atoms with Crippen molar-refractivity contribution in [3.8, 4) is 0 Å². The van der Waals surface area contributed by atoms with Crippen molar-refractivity contribution in [2.75, 3.05) is 0 Å². The molecule has 2 N–H and O–H groups in total. The van der Waals surface area contributed by atoms with Crippen molar-refractivity contribution in [2.24, 2.45) is 0 Å². The van der Waals surface area contributed by atoms with E-state index in [-0.39, 0.29) is 5.39 Å². The van der Waals surface area contributed by atoms with Gasteiger partial charge in [0.05, 0.1) is 5.56 Å². The van der Waals surface area contributed by atoms with Gasteiger partial charge in [-0.1, -0.05) is 12.1 Å². The number of aliphatic hydroxyl groups is 2. The zero-order valence-electron chi connectivity index (χ0n) is 8.73. The topological polar surface area (TPSA) is 57.5 Å². The molecule has 0 saturated carbocycles. The summed E-state index contributed by atoms with van der Waals surface area (Å²) in [5.41, 5.74) is -2.12. The van der Waals surface area contributed by atoms with Gasteiger partial charge in [-0.05, 0) is 12.1 Å². The summed E-state index contributed by atoms with van der Waals surface area (Å²) in [6, 6.07) is 6.02. The van der Waals surface area contributed by atoms with E-state index in [9.17, 15) is 18.0 Å². The third-order valence-corrected chi connectivity index (χ3v) is 3.41. The Bertz CT molecular complexity index is 646. The minimum atomic E-state index is -5.33. The van der Waals surface area contributed by atoms with E-state index in [0.29, 0.717) is 4.70 Å². The van der Waals surface area contributed by atoms with E-state index in [0.717, 1.165) is 16.7 Å². The molecular formula is C11H7F3O3S. The van der Waals surface area contributed by atoms with Gasteiger partial charge >= 0.3 is 6.18 Å². The molecule has 1 aromatic carbocycles. The molecule has 0 spiro atoms. The fourth-order valence-electron chi connectivity index (χ4n) is 1.47. The Morgan fingerprint density at radius 2 is 1.72 bits per heavy atom. The summed E-state index contributed by atoms with van der Waals surface area (Å²) in [5.74, 6) is -4.13. The first-order valence-corrected chi connectivity index (χ1v) is 5.65. The van der Waals surface area contributed by atoms with Gasteiger partial charge in [-0.3, -0.25) is 4.79 Å². The van der Waals surface area contributed by atoms with Gasteiger partial charge in [0.15, 0.2) is 5.43 Å². The van der Waals surface area contributed by atoms with Crippen molar-refractivity contribution in [1.82, 2.24) is 0 Å². The van der Waals surface area contributed by atoms with Crippen molar-refractivity contribution in [3.63, 3.8) is 0 Å². The average Bonchev–Trinajstić information content (AvgIpc) is 2.28. The van der Waals surface area contributed by atoms with Gasteiger partial charge < -0.3 is 10.2 Å². The maximum Gasteiger partial charge on any atom is 0.447 e. The second-order valence-electron chi connectivity index (χ2n) is 3.64. The molecule has 0 aliphatic carbocycles. The molecule has 0 aliphatic heterocycles. The highest BCUT2D eigenvalue weighted by Crippen LogP contribution is 2.36. The van der Waals surface area contributed by atoms with Crippen LogP contribution in [0, 0.1) is 0 Å². The minimum Gasteiger partial charge on any atom is -0.355 e. The molecule has 0 amide bonds. The van der Waals surface area contributed by atoms with Crippen LogP contribution in [0.2, 0.25) is 0 Å². The van der Waals surface area contributed by atoms with Gasteiger partial charge in [-0.15, -0.1) is 11.3 Å². The smallest absolute Gasteiger partial charge is 0.355 e. The summed E-state index contributed by atoms with van der Waals surface area (Å²) < 4.78 is 37.9. The van der Waals surface area contributed by atoms with Crippen LogP contribution in [0.5, 0.6) is 0 Å². The molecule has 1 heterocycles. The van der Waals surface area contributed by atoms with Crippen LogP contribution in [-0.2, 0) is 5.79 Å². The summed E-state index contributed by atoms with van der Waals surface area (Å²) in [4.78, 5) is 11.8. The molecule has 0 bridgehead atoms. The van der Waals surface area contributed by atoms with Gasteiger partial charge in [-0.25, -0.2) is 0 Å². The molecule has 3 nitrogen and oxygen atoms in total. The van der Waals surface area contributed by atoms with Crippen molar-refractivity contribution in [2.45, 2.75) is 12.0 Å². The third kappa shape index (κ3) is 1.90. The number of rotatable bonds is 1. The van der Waals surface area contributed by atoms with E-state index in [1.54, 1.807) is 12.1 Å². The number of halogens is 3. The quantitative estimate of drug-likeness (QED) is 0.783. The van der Waals surface area contributed by atoms with Crippen LogP contribution >= 0.6 is 11.3 Å². The van der Waals surface area contributed by atoms with Crippen LogP contribution in [0.15, 0.2) is 34.4 Å². The van der Waals surface area contributed by atoms with Crippen molar-refractivity contribution < 1.29 is 23.4 Å². The summed E-state index contributed by atoms with van der Waals surface area (Å²) >= 11 is 0.841. The molecule has 0 saturated heterocycles. The van der Waals surface area contributed by atoms with E-state index >= 15 is 0 Å². The maximum atomic E-state index is 12.5. The van der Waals surface area contributed by atoms with Crippen LogP contribution in [-0.4, -0.2) is 16.4 Å². The maximum absolute atomic E-state index is 12.5. The lowest BCUT2D eigenvalue weighted by Crippen LogP contribution is -2.45. The van der Waals surface area contributed by atoms with Gasteiger partial charge in [0.25, 0.3) is 5.79 Å². The number of benzene rings is 1. The second-order valence-corrected chi connectivity index (χ2v) is 4.56. The first-order valence-electron chi connectivity index (χ1n) is 4.77. The molecule has 18 heavy (non-hydrogen) atoms. The fraction of sp³-hybridized carbons (Fsp3) is 0.182. The Labute approximate surface area is 103 Å². The minimum absolute atomic E-state index is 0.0247. The molecular weight excluding hydrogens is 269 g/mol. The van der Waals surface area contributed by atoms with Crippen molar-refractivity contribution in [3.05, 3.63) is 45.4 Å². The molecule has 0 aliphatic rings. The highest BCUT2D eigenvalue weighted by Gasteiger charge is 2.55. The number of fused-ring (bicyclic) bond motifs is 1. The Kier molecular flexibility index (Phi) is 2.92. The highest BCUT2D eigenvalue weighted by molar-refractivity contribution is 7.16. The summed E-state index contributed by atoms with van der Waals surface area (Å²) in [7, 11) is 0. The number of alkyl halides is 3.